The van der Waals surface area contributed by atoms with Crippen molar-refractivity contribution in [1.82, 2.24) is 5.01 Å². The average Bonchev–Trinajstić information content (AvgIpc) is 2.43. The van der Waals surface area contributed by atoms with Gasteiger partial charge in [-0.05, 0) is 24.2 Å². The predicted molar refractivity (Wildman–Crippen MR) is 89.0 cm³/mol. The van der Waals surface area contributed by atoms with E-state index in [1.54, 1.807) is 0 Å². The van der Waals surface area contributed by atoms with Crippen molar-refractivity contribution in [2.24, 2.45) is 23.6 Å². The van der Waals surface area contributed by atoms with Gasteiger partial charge in [0.15, 0.2) is 0 Å². The molecule has 22 heavy (non-hydrogen) atoms. The average molecular weight is 314 g/mol. The molecule has 3 unspecified atom stereocenters. The summed E-state index contributed by atoms with van der Waals surface area (Å²) in [7, 11) is 0. The van der Waals surface area contributed by atoms with E-state index in [1.807, 2.05) is 13.8 Å². The quantitative estimate of drug-likeness (QED) is 0.328. The molecule has 0 aliphatic rings. The van der Waals surface area contributed by atoms with Crippen molar-refractivity contribution in [2.75, 3.05) is 6.54 Å². The topological polar surface area (TPSA) is 83.6 Å². The third-order valence-corrected chi connectivity index (χ3v) is 4.24. The lowest BCUT2D eigenvalue weighted by Crippen LogP contribution is -2.42. The first-order valence-corrected chi connectivity index (χ1v) is 8.56. The second kappa shape index (κ2) is 11.5. The Balaban J connectivity index is 4.49. The van der Waals surface area contributed by atoms with E-state index in [0.29, 0.717) is 24.8 Å². The van der Waals surface area contributed by atoms with E-state index in [-0.39, 0.29) is 18.2 Å². The monoisotopic (exact) mass is 314 g/mol. The van der Waals surface area contributed by atoms with Crippen LogP contribution in [0.5, 0.6) is 0 Å². The molecule has 0 rings (SSSR count). The molecule has 0 saturated heterocycles. The van der Waals surface area contributed by atoms with Crippen LogP contribution >= 0.6 is 0 Å². The van der Waals surface area contributed by atoms with E-state index >= 15 is 0 Å². The Bertz CT molecular complexity index is 334. The fourth-order valence-corrected chi connectivity index (χ4v) is 2.65. The molecule has 0 fully saturated rings. The SMILES string of the molecule is CCCCC(C)CC(CC(=O)O)CN(N)C(=O)CC(C)CC. The number of nitrogens with zero attached hydrogens (tertiary/aromatic N) is 1. The van der Waals surface area contributed by atoms with Crippen LogP contribution in [0.2, 0.25) is 0 Å². The Morgan fingerprint density at radius 3 is 2.27 bits per heavy atom. The molecule has 0 aromatic heterocycles. The summed E-state index contributed by atoms with van der Waals surface area (Å²) in [6.07, 6.45) is 5.63. The maximum atomic E-state index is 12.0. The molecule has 0 aromatic rings. The first-order valence-electron chi connectivity index (χ1n) is 8.56. The first-order chi connectivity index (χ1) is 10.3. The Morgan fingerprint density at radius 1 is 1.14 bits per heavy atom. The van der Waals surface area contributed by atoms with Gasteiger partial charge in [-0.3, -0.25) is 14.6 Å². The smallest absolute Gasteiger partial charge is 0.303 e. The van der Waals surface area contributed by atoms with E-state index in [4.69, 9.17) is 10.9 Å². The van der Waals surface area contributed by atoms with Crippen LogP contribution in [0.25, 0.3) is 0 Å². The maximum Gasteiger partial charge on any atom is 0.303 e. The normalized spacial score (nSPS) is 15.1. The third-order valence-electron chi connectivity index (χ3n) is 4.24. The van der Waals surface area contributed by atoms with Crippen LogP contribution in [0.15, 0.2) is 0 Å². The second-order valence-electron chi connectivity index (χ2n) is 6.71. The van der Waals surface area contributed by atoms with Crippen LogP contribution in [0.3, 0.4) is 0 Å². The lowest BCUT2D eigenvalue weighted by molar-refractivity contribution is -0.140. The van der Waals surface area contributed by atoms with Crippen molar-refractivity contribution >= 4 is 11.9 Å². The molecule has 1 amide bonds. The number of unbranched alkanes of at least 4 members (excludes halogenated alkanes) is 1. The van der Waals surface area contributed by atoms with E-state index in [2.05, 4.69) is 13.8 Å². The summed E-state index contributed by atoms with van der Waals surface area (Å²) in [6.45, 7) is 8.69. The minimum Gasteiger partial charge on any atom is -0.481 e. The highest BCUT2D eigenvalue weighted by atomic mass is 16.4. The van der Waals surface area contributed by atoms with Crippen LogP contribution in [-0.4, -0.2) is 28.5 Å². The van der Waals surface area contributed by atoms with Gasteiger partial charge in [0, 0.05) is 19.4 Å². The molecule has 0 aromatic carbocycles. The van der Waals surface area contributed by atoms with E-state index < -0.39 is 5.97 Å². The molecule has 130 valence electrons. The number of hydrogen-bond donors (Lipinski definition) is 2. The third kappa shape index (κ3) is 9.77. The summed E-state index contributed by atoms with van der Waals surface area (Å²) in [5.41, 5.74) is 0. The number of carbonyl (C=O) groups excluding carboxylic acids is 1. The zero-order valence-electron chi connectivity index (χ0n) is 14.7. The standard InChI is InChI=1S/C17H34N2O3/c1-5-7-8-14(4)9-15(11-17(21)22)12-19(18)16(20)10-13(3)6-2/h13-15H,5-12,18H2,1-4H3,(H,21,22). The molecule has 5 heteroatoms. The van der Waals surface area contributed by atoms with Crippen molar-refractivity contribution < 1.29 is 14.7 Å². The van der Waals surface area contributed by atoms with Gasteiger partial charge in [0.2, 0.25) is 5.91 Å². The molecule has 0 radical (unpaired) electrons. The van der Waals surface area contributed by atoms with Crippen molar-refractivity contribution in [1.29, 1.82) is 0 Å². The summed E-state index contributed by atoms with van der Waals surface area (Å²) in [6, 6.07) is 0. The highest BCUT2D eigenvalue weighted by Gasteiger charge is 2.22. The molecular formula is C17H34N2O3. The van der Waals surface area contributed by atoms with Crippen LogP contribution < -0.4 is 5.84 Å². The van der Waals surface area contributed by atoms with Gasteiger partial charge in [-0.25, -0.2) is 5.84 Å². The fourth-order valence-electron chi connectivity index (χ4n) is 2.65. The highest BCUT2D eigenvalue weighted by molar-refractivity contribution is 5.75. The van der Waals surface area contributed by atoms with Crippen LogP contribution in [0.4, 0.5) is 0 Å². The summed E-state index contributed by atoms with van der Waals surface area (Å²) in [5.74, 6) is 5.64. The van der Waals surface area contributed by atoms with Crippen molar-refractivity contribution in [3.8, 4) is 0 Å². The molecule has 0 aliphatic heterocycles. The zero-order valence-corrected chi connectivity index (χ0v) is 14.7. The molecule has 3 N–H and O–H groups in total. The van der Waals surface area contributed by atoms with E-state index in [1.165, 1.54) is 5.01 Å². The van der Waals surface area contributed by atoms with Gasteiger partial charge < -0.3 is 5.11 Å². The molecule has 0 bridgehead atoms. The lowest BCUT2D eigenvalue weighted by Gasteiger charge is -2.25. The number of amides is 1. The number of carbonyl (C=O) groups is 2. The summed E-state index contributed by atoms with van der Waals surface area (Å²) < 4.78 is 0. The maximum absolute atomic E-state index is 12.0. The number of hydrazine groups is 1. The number of carboxylic acid groups (broad SMARTS) is 1. The molecule has 5 nitrogen and oxygen atoms in total. The lowest BCUT2D eigenvalue weighted by atomic mass is 9.89. The van der Waals surface area contributed by atoms with Gasteiger partial charge in [0.05, 0.1) is 0 Å². The van der Waals surface area contributed by atoms with Crippen molar-refractivity contribution in [3.63, 3.8) is 0 Å². The van der Waals surface area contributed by atoms with Crippen molar-refractivity contribution in [2.45, 2.75) is 72.6 Å². The van der Waals surface area contributed by atoms with Gasteiger partial charge in [0.25, 0.3) is 0 Å². The number of aliphatic carboxylic acids is 1. The Kier molecular flexibility index (Phi) is 10.9. The number of rotatable bonds is 12. The van der Waals surface area contributed by atoms with Gasteiger partial charge in [-0.15, -0.1) is 0 Å². The Hall–Kier alpha value is -1.10. The van der Waals surface area contributed by atoms with Gasteiger partial charge in [-0.2, -0.15) is 0 Å². The minimum atomic E-state index is -0.824. The van der Waals surface area contributed by atoms with Crippen molar-refractivity contribution in [3.05, 3.63) is 0 Å². The number of nitrogens with two attached hydrogens (primary N) is 1. The molecular weight excluding hydrogens is 280 g/mol. The molecule has 3 atom stereocenters. The number of hydrogen-bond acceptors (Lipinski definition) is 3. The molecule has 0 heterocycles. The molecule has 0 spiro atoms. The molecule has 0 aliphatic carbocycles. The van der Waals surface area contributed by atoms with E-state index in [9.17, 15) is 9.59 Å². The largest absolute Gasteiger partial charge is 0.481 e. The summed E-state index contributed by atoms with van der Waals surface area (Å²) in [4.78, 5) is 23.1. The fraction of sp³-hybridized carbons (Fsp3) is 0.882. The zero-order chi connectivity index (χ0) is 17.1. The molecule has 0 saturated carbocycles. The van der Waals surface area contributed by atoms with Gasteiger partial charge >= 0.3 is 5.97 Å². The van der Waals surface area contributed by atoms with Crippen LogP contribution in [0.1, 0.15) is 72.6 Å². The predicted octanol–water partition coefficient (Wildman–Crippen LogP) is 3.43. The number of carboxylic acids is 1. The Labute approximate surface area is 135 Å². The summed E-state index contributed by atoms with van der Waals surface area (Å²) in [5, 5.41) is 10.3. The van der Waals surface area contributed by atoms with Gasteiger partial charge in [0.1, 0.15) is 0 Å². The highest BCUT2D eigenvalue weighted by Crippen LogP contribution is 2.21. The van der Waals surface area contributed by atoms with Crippen LogP contribution in [-0.2, 0) is 9.59 Å². The summed E-state index contributed by atoms with van der Waals surface area (Å²) >= 11 is 0. The first kappa shape index (κ1) is 20.9. The van der Waals surface area contributed by atoms with E-state index in [0.717, 1.165) is 32.1 Å². The Morgan fingerprint density at radius 2 is 1.77 bits per heavy atom. The second-order valence-corrected chi connectivity index (χ2v) is 6.71. The van der Waals surface area contributed by atoms with Crippen LogP contribution in [0, 0.1) is 17.8 Å². The minimum absolute atomic E-state index is 0.0702. The van der Waals surface area contributed by atoms with Gasteiger partial charge in [-0.1, -0.05) is 53.4 Å².